The maximum atomic E-state index is 12.8. The van der Waals surface area contributed by atoms with Crippen LogP contribution in [0.2, 0.25) is 0 Å². The lowest BCUT2D eigenvalue weighted by Crippen LogP contribution is -2.53. The van der Waals surface area contributed by atoms with E-state index >= 15 is 0 Å². The Morgan fingerprint density at radius 2 is 1.79 bits per heavy atom. The van der Waals surface area contributed by atoms with E-state index in [1.165, 1.54) is 42.7 Å². The van der Waals surface area contributed by atoms with Crippen molar-refractivity contribution < 1.29 is 4.79 Å². The molecule has 0 bridgehead atoms. The van der Waals surface area contributed by atoms with Gasteiger partial charge in [-0.15, -0.1) is 5.10 Å². The maximum Gasteiger partial charge on any atom is 0.290 e. The molecule has 33 heavy (non-hydrogen) atoms. The predicted octanol–water partition coefficient (Wildman–Crippen LogP) is 3.43. The van der Waals surface area contributed by atoms with Gasteiger partial charge in [0.1, 0.15) is 6.67 Å². The van der Waals surface area contributed by atoms with Gasteiger partial charge in [0.2, 0.25) is 6.29 Å². The molecule has 0 saturated heterocycles. The van der Waals surface area contributed by atoms with Gasteiger partial charge in [0, 0.05) is 11.3 Å². The van der Waals surface area contributed by atoms with E-state index in [0.29, 0.717) is 18.2 Å². The number of anilines is 2. The summed E-state index contributed by atoms with van der Waals surface area (Å²) in [6.07, 6.45) is 5.81. The first-order valence-electron chi connectivity index (χ1n) is 11.2. The molecule has 0 radical (unpaired) electrons. The molecule has 1 unspecified atom stereocenters. The van der Waals surface area contributed by atoms with E-state index in [4.69, 9.17) is 0 Å². The number of rotatable bonds is 7. The van der Waals surface area contributed by atoms with Crippen LogP contribution in [-0.4, -0.2) is 44.5 Å². The summed E-state index contributed by atoms with van der Waals surface area (Å²) >= 11 is 0. The van der Waals surface area contributed by atoms with Crippen molar-refractivity contribution >= 4 is 17.5 Å². The summed E-state index contributed by atoms with van der Waals surface area (Å²) in [6.45, 7) is 0.320. The van der Waals surface area contributed by atoms with Gasteiger partial charge in [-0.25, -0.2) is 5.01 Å². The standard InChI is InChI=1S/C22H26N10O/c33-20(18-9-5-2-6-10-18)24-22-31(29-30-32(22)21-25-27-28-26-21)15-23-19-13-11-17(12-14-19)16-7-3-1-4-8-16/h2,5-6,9-14,16,22-23H,1,3-4,7-8,15H2,(H,24,33)(H,25,26,27,28). The van der Waals surface area contributed by atoms with E-state index in [1.54, 1.807) is 17.1 Å². The number of tetrazole rings is 1. The Morgan fingerprint density at radius 3 is 2.52 bits per heavy atom. The number of nitrogens with zero attached hydrogens (tertiary/aromatic N) is 7. The molecule has 1 atom stereocenters. The number of aromatic nitrogens is 4. The minimum absolute atomic E-state index is 0.205. The van der Waals surface area contributed by atoms with Gasteiger partial charge in [-0.3, -0.25) is 4.79 Å². The molecule has 1 aliphatic carbocycles. The third-order valence-electron chi connectivity index (χ3n) is 6.03. The number of aromatic amines is 1. The van der Waals surface area contributed by atoms with Gasteiger partial charge in [0.15, 0.2) is 0 Å². The van der Waals surface area contributed by atoms with Gasteiger partial charge in [-0.1, -0.05) is 54.7 Å². The quantitative estimate of drug-likeness (QED) is 0.507. The molecule has 1 saturated carbocycles. The number of nitrogens with one attached hydrogen (secondary N) is 3. The normalized spacial score (nSPS) is 18.5. The summed E-state index contributed by atoms with van der Waals surface area (Å²) in [4.78, 5) is 12.8. The third-order valence-corrected chi connectivity index (χ3v) is 6.03. The number of amides is 1. The topological polar surface area (TPSA) is 127 Å². The molecule has 11 nitrogen and oxygen atoms in total. The monoisotopic (exact) mass is 446 g/mol. The van der Waals surface area contributed by atoms with Gasteiger partial charge < -0.3 is 10.6 Å². The number of carbonyl (C=O) groups is 1. The van der Waals surface area contributed by atoms with Crippen LogP contribution >= 0.6 is 0 Å². The SMILES string of the molecule is O=C(NC1N(CNc2ccc(C3CCCCC3)cc2)N=NN1c1nn[nH]n1)c1ccccc1. The predicted molar refractivity (Wildman–Crippen MR) is 122 cm³/mol. The molecule has 2 heterocycles. The molecule has 1 aliphatic heterocycles. The molecule has 0 spiro atoms. The first-order valence-corrected chi connectivity index (χ1v) is 11.2. The van der Waals surface area contributed by atoms with Crippen LogP contribution in [0.3, 0.4) is 0 Å². The Labute approximate surface area is 191 Å². The van der Waals surface area contributed by atoms with E-state index in [1.807, 2.05) is 18.2 Å². The van der Waals surface area contributed by atoms with Gasteiger partial charge in [-0.05, 0) is 64.2 Å². The molecule has 5 rings (SSSR count). The zero-order valence-electron chi connectivity index (χ0n) is 18.1. The van der Waals surface area contributed by atoms with Crippen molar-refractivity contribution in [2.24, 2.45) is 10.4 Å². The van der Waals surface area contributed by atoms with Crippen LogP contribution in [0.5, 0.6) is 0 Å². The van der Waals surface area contributed by atoms with Crippen molar-refractivity contribution in [3.05, 3.63) is 65.7 Å². The number of benzene rings is 2. The summed E-state index contributed by atoms with van der Waals surface area (Å²) in [6, 6.07) is 17.5. The van der Waals surface area contributed by atoms with Crippen LogP contribution in [0, 0.1) is 0 Å². The molecule has 1 fully saturated rings. The highest BCUT2D eigenvalue weighted by Gasteiger charge is 2.35. The molecular weight excluding hydrogens is 420 g/mol. The smallest absolute Gasteiger partial charge is 0.290 e. The van der Waals surface area contributed by atoms with Gasteiger partial charge in [-0.2, -0.15) is 10.2 Å². The Bertz CT molecular complexity index is 1060. The van der Waals surface area contributed by atoms with Crippen LogP contribution in [0.15, 0.2) is 65.0 Å². The second-order valence-corrected chi connectivity index (χ2v) is 8.18. The zero-order chi connectivity index (χ0) is 22.5. The fraction of sp³-hybridized carbons (Fsp3) is 0.364. The van der Waals surface area contributed by atoms with Crippen LogP contribution < -0.4 is 15.6 Å². The Balaban J connectivity index is 1.26. The minimum atomic E-state index is -0.718. The summed E-state index contributed by atoms with van der Waals surface area (Å²) < 4.78 is 0. The number of hydrogen-bond acceptors (Lipinski definition) is 9. The number of H-pyrrole nitrogens is 1. The van der Waals surface area contributed by atoms with Crippen LogP contribution in [0.1, 0.15) is 53.9 Å². The summed E-state index contributed by atoms with van der Waals surface area (Å²) in [5.74, 6) is 0.612. The van der Waals surface area contributed by atoms with Crippen molar-refractivity contribution in [2.45, 2.75) is 44.3 Å². The summed E-state index contributed by atoms with van der Waals surface area (Å²) in [7, 11) is 0. The van der Waals surface area contributed by atoms with Crippen molar-refractivity contribution in [3.63, 3.8) is 0 Å². The Hall–Kier alpha value is -4.02. The van der Waals surface area contributed by atoms with E-state index in [-0.39, 0.29) is 11.9 Å². The molecule has 170 valence electrons. The van der Waals surface area contributed by atoms with Gasteiger partial charge >= 0.3 is 0 Å². The van der Waals surface area contributed by atoms with Crippen molar-refractivity contribution in [1.29, 1.82) is 0 Å². The molecular formula is C22H26N10O. The molecule has 2 aromatic carbocycles. The highest BCUT2D eigenvalue weighted by molar-refractivity contribution is 5.94. The lowest BCUT2D eigenvalue weighted by atomic mass is 9.84. The Kier molecular flexibility index (Phi) is 6.09. The largest absolute Gasteiger partial charge is 0.366 e. The maximum absolute atomic E-state index is 12.8. The first-order chi connectivity index (χ1) is 16.3. The highest BCUT2D eigenvalue weighted by atomic mass is 16.2. The van der Waals surface area contributed by atoms with E-state index in [9.17, 15) is 4.79 Å². The van der Waals surface area contributed by atoms with Gasteiger partial charge in [0.25, 0.3) is 11.9 Å². The van der Waals surface area contributed by atoms with E-state index < -0.39 is 6.29 Å². The average molecular weight is 447 g/mol. The second kappa shape index (κ2) is 9.63. The average Bonchev–Trinajstić information content (AvgIpc) is 3.54. The fourth-order valence-corrected chi connectivity index (χ4v) is 4.25. The Morgan fingerprint density at radius 1 is 1.00 bits per heavy atom. The molecule has 3 aromatic rings. The molecule has 1 aromatic heterocycles. The summed E-state index contributed by atoms with van der Waals surface area (Å²) in [5.41, 5.74) is 2.90. The molecule has 3 N–H and O–H groups in total. The van der Waals surface area contributed by atoms with Crippen molar-refractivity contribution in [1.82, 2.24) is 30.9 Å². The molecule has 2 aliphatic rings. The van der Waals surface area contributed by atoms with Gasteiger partial charge in [0.05, 0.1) is 0 Å². The van der Waals surface area contributed by atoms with Crippen molar-refractivity contribution in [2.75, 3.05) is 17.0 Å². The lowest BCUT2D eigenvalue weighted by molar-refractivity contribution is 0.0880. The van der Waals surface area contributed by atoms with Crippen molar-refractivity contribution in [3.8, 4) is 0 Å². The molecule has 1 amide bonds. The lowest BCUT2D eigenvalue weighted by Gasteiger charge is -2.27. The fourth-order valence-electron chi connectivity index (χ4n) is 4.25. The molecule has 11 heteroatoms. The van der Waals surface area contributed by atoms with Crippen LogP contribution in [0.25, 0.3) is 0 Å². The van der Waals surface area contributed by atoms with E-state index in [2.05, 4.69) is 66.0 Å². The number of hydrogen-bond donors (Lipinski definition) is 3. The zero-order valence-corrected chi connectivity index (χ0v) is 18.1. The van der Waals surface area contributed by atoms with E-state index in [0.717, 1.165) is 5.69 Å². The second-order valence-electron chi connectivity index (χ2n) is 8.18. The first kappa shape index (κ1) is 20.9. The minimum Gasteiger partial charge on any atom is -0.366 e. The highest BCUT2D eigenvalue weighted by Crippen LogP contribution is 2.33. The van der Waals surface area contributed by atoms with Crippen LogP contribution in [0.4, 0.5) is 11.6 Å². The van der Waals surface area contributed by atoms with Crippen LogP contribution in [-0.2, 0) is 0 Å². The summed E-state index contributed by atoms with van der Waals surface area (Å²) in [5, 5.41) is 31.5. The number of carbonyl (C=O) groups excluding carboxylic acids is 1. The third kappa shape index (κ3) is 4.76.